The Morgan fingerprint density at radius 1 is 0.203 bits per heavy atom. The molecule has 0 atom stereocenters. The highest BCUT2D eigenvalue weighted by Gasteiger charge is 2.20. The van der Waals surface area contributed by atoms with Gasteiger partial charge in [0.05, 0.1) is 33.1 Å². The summed E-state index contributed by atoms with van der Waals surface area (Å²) in [5, 5.41) is 7.31. The molecule has 0 N–H and O–H groups in total. The summed E-state index contributed by atoms with van der Waals surface area (Å²) in [6.07, 6.45) is 0. The largest absolute Gasteiger partial charge is 0.309 e. The van der Waals surface area contributed by atoms with Crippen LogP contribution in [0.25, 0.3) is 128 Å². The molecule has 4 heterocycles. The van der Waals surface area contributed by atoms with Crippen LogP contribution in [0.3, 0.4) is 0 Å². The zero-order chi connectivity index (χ0) is 45.4. The molecule has 14 aromatic rings. The Bertz CT molecular complexity index is 4000. The van der Waals surface area contributed by atoms with Gasteiger partial charge in [0, 0.05) is 66.1 Å². The molecule has 6 nitrogen and oxygen atoms in total. The van der Waals surface area contributed by atoms with Crippen LogP contribution in [0.2, 0.25) is 0 Å². The lowest BCUT2D eigenvalue weighted by atomic mass is 10.0. The van der Waals surface area contributed by atoms with Gasteiger partial charge < -0.3 is 13.7 Å². The van der Waals surface area contributed by atoms with Crippen LogP contribution in [0.1, 0.15) is 0 Å². The first-order chi connectivity index (χ1) is 34.2. The van der Waals surface area contributed by atoms with Crippen molar-refractivity contribution >= 4 is 65.4 Å². The normalized spacial score (nSPS) is 11.8. The monoisotopic (exact) mass is 880 g/mol. The van der Waals surface area contributed by atoms with Crippen molar-refractivity contribution in [2.24, 2.45) is 0 Å². The third-order valence-electron chi connectivity index (χ3n) is 13.7. The van der Waals surface area contributed by atoms with Crippen LogP contribution in [0, 0.1) is 0 Å². The summed E-state index contributed by atoms with van der Waals surface area (Å²) in [6, 6.07) is 86.4. The molecule has 0 saturated carbocycles. The molecule has 4 aromatic heterocycles. The number of benzene rings is 10. The SMILES string of the molecule is c1ccc(-c2ccc(-c3nc(-c4ccccc4)nc(-c4ccc(-n5c6ccc(-n7c8ccccc8c8ccccc87)cc6c6cc(-n7c8ccccc8c8ccccc87)ccc65)cc4)n3)cc2)cc1. The molecule has 0 aliphatic heterocycles. The van der Waals surface area contributed by atoms with Crippen LogP contribution in [0.15, 0.2) is 243 Å². The predicted octanol–water partition coefficient (Wildman–Crippen LogP) is 15.8. The highest BCUT2D eigenvalue weighted by atomic mass is 15.0. The van der Waals surface area contributed by atoms with Crippen LogP contribution < -0.4 is 0 Å². The number of rotatable bonds is 7. The molecule has 0 unspecified atom stereocenters. The minimum atomic E-state index is 0.617. The second-order valence-corrected chi connectivity index (χ2v) is 17.6. The average Bonchev–Trinajstić information content (AvgIpc) is 4.06. The van der Waals surface area contributed by atoms with Gasteiger partial charge >= 0.3 is 0 Å². The van der Waals surface area contributed by atoms with Gasteiger partial charge in [0.1, 0.15) is 0 Å². The fourth-order valence-corrected chi connectivity index (χ4v) is 10.5. The Hall–Kier alpha value is -9.39. The molecule has 0 aliphatic carbocycles. The van der Waals surface area contributed by atoms with E-state index >= 15 is 0 Å². The molecule has 14 rings (SSSR count). The minimum absolute atomic E-state index is 0.617. The molecule has 10 aromatic carbocycles. The first-order valence-electron chi connectivity index (χ1n) is 23.4. The van der Waals surface area contributed by atoms with Crippen LogP contribution in [0.5, 0.6) is 0 Å². The standard InChI is InChI=1S/C63H40N6/c1-3-15-41(16-4-1)42-27-29-44(30-28-42)62-64-61(43-17-5-2-6-18-43)65-63(66-62)45-31-33-46(34-32-45)67-59-37-35-47(68-55-23-11-7-19-49(55)50-20-8-12-24-56(50)68)39-53(59)54-40-48(36-38-60(54)67)69-57-25-13-9-21-51(57)52-22-10-14-26-58(52)69/h1-40H. The van der Waals surface area contributed by atoms with E-state index in [-0.39, 0.29) is 0 Å². The van der Waals surface area contributed by atoms with Crippen molar-refractivity contribution in [3.63, 3.8) is 0 Å². The van der Waals surface area contributed by atoms with E-state index in [1.165, 1.54) is 59.9 Å². The zero-order valence-corrected chi connectivity index (χ0v) is 37.3. The van der Waals surface area contributed by atoms with E-state index in [0.29, 0.717) is 17.5 Å². The smallest absolute Gasteiger partial charge is 0.164 e. The number of para-hydroxylation sites is 4. The molecule has 0 amide bonds. The van der Waals surface area contributed by atoms with E-state index in [1.807, 2.05) is 36.4 Å². The molecular formula is C63H40N6. The number of hydrogen-bond acceptors (Lipinski definition) is 3. The summed E-state index contributed by atoms with van der Waals surface area (Å²) in [5.41, 5.74) is 15.3. The molecule has 69 heavy (non-hydrogen) atoms. The number of aromatic nitrogens is 6. The summed E-state index contributed by atoms with van der Waals surface area (Å²) in [6.45, 7) is 0. The molecule has 0 bridgehead atoms. The average molecular weight is 881 g/mol. The van der Waals surface area contributed by atoms with Gasteiger partial charge in [0.15, 0.2) is 17.5 Å². The van der Waals surface area contributed by atoms with E-state index < -0.39 is 0 Å². The van der Waals surface area contributed by atoms with Crippen molar-refractivity contribution in [2.45, 2.75) is 0 Å². The van der Waals surface area contributed by atoms with Crippen molar-refractivity contribution in [1.29, 1.82) is 0 Å². The maximum atomic E-state index is 5.11. The highest BCUT2D eigenvalue weighted by Crippen LogP contribution is 2.40. The maximum Gasteiger partial charge on any atom is 0.164 e. The number of fused-ring (bicyclic) bond motifs is 9. The van der Waals surface area contributed by atoms with E-state index in [2.05, 4.69) is 220 Å². The van der Waals surface area contributed by atoms with Crippen molar-refractivity contribution < 1.29 is 0 Å². The Morgan fingerprint density at radius 2 is 0.478 bits per heavy atom. The first-order valence-corrected chi connectivity index (χ1v) is 23.4. The number of nitrogens with zero attached hydrogens (tertiary/aromatic N) is 6. The minimum Gasteiger partial charge on any atom is -0.309 e. The molecule has 0 radical (unpaired) electrons. The van der Waals surface area contributed by atoms with Crippen LogP contribution in [-0.4, -0.2) is 28.7 Å². The van der Waals surface area contributed by atoms with E-state index in [4.69, 9.17) is 15.0 Å². The lowest BCUT2D eigenvalue weighted by molar-refractivity contribution is 1.07. The molecule has 0 aliphatic rings. The van der Waals surface area contributed by atoms with Gasteiger partial charge in [-0.3, -0.25) is 0 Å². The fourth-order valence-electron chi connectivity index (χ4n) is 10.5. The topological polar surface area (TPSA) is 53.5 Å². The van der Waals surface area contributed by atoms with E-state index in [1.54, 1.807) is 0 Å². The third kappa shape index (κ3) is 6.30. The van der Waals surface area contributed by atoms with Gasteiger partial charge in [-0.15, -0.1) is 0 Å². The molecular weight excluding hydrogens is 841 g/mol. The molecule has 0 saturated heterocycles. The molecule has 6 heteroatoms. The van der Waals surface area contributed by atoms with E-state index in [9.17, 15) is 0 Å². The lowest BCUT2D eigenvalue weighted by Crippen LogP contribution is -2.00. The second-order valence-electron chi connectivity index (χ2n) is 17.6. The quantitative estimate of drug-likeness (QED) is 0.160. The lowest BCUT2D eigenvalue weighted by Gasteiger charge is -2.12. The second kappa shape index (κ2) is 15.6. The van der Waals surface area contributed by atoms with Crippen LogP contribution in [-0.2, 0) is 0 Å². The Balaban J connectivity index is 0.938. The van der Waals surface area contributed by atoms with Crippen LogP contribution in [0.4, 0.5) is 0 Å². The Kier molecular flexibility index (Phi) is 8.79. The highest BCUT2D eigenvalue weighted by molar-refractivity contribution is 6.14. The Morgan fingerprint density at radius 3 is 0.899 bits per heavy atom. The predicted molar refractivity (Wildman–Crippen MR) is 285 cm³/mol. The summed E-state index contributed by atoms with van der Waals surface area (Å²) in [5.74, 6) is 1.88. The van der Waals surface area contributed by atoms with Gasteiger partial charge in [-0.1, -0.05) is 158 Å². The fraction of sp³-hybridized carbons (Fsp3) is 0. The van der Waals surface area contributed by atoms with Crippen molar-refractivity contribution in [2.75, 3.05) is 0 Å². The molecule has 322 valence electrons. The summed E-state index contributed by atoms with van der Waals surface area (Å²) in [7, 11) is 0. The summed E-state index contributed by atoms with van der Waals surface area (Å²) < 4.78 is 7.20. The first kappa shape index (κ1) is 38.8. The maximum absolute atomic E-state index is 5.11. The van der Waals surface area contributed by atoms with E-state index in [0.717, 1.165) is 50.3 Å². The van der Waals surface area contributed by atoms with Crippen LogP contribution >= 0.6 is 0 Å². The third-order valence-corrected chi connectivity index (χ3v) is 13.7. The van der Waals surface area contributed by atoms with Gasteiger partial charge in [0.25, 0.3) is 0 Å². The number of hydrogen-bond donors (Lipinski definition) is 0. The van der Waals surface area contributed by atoms with Crippen molar-refractivity contribution in [1.82, 2.24) is 28.7 Å². The molecule has 0 spiro atoms. The van der Waals surface area contributed by atoms with Gasteiger partial charge in [-0.25, -0.2) is 15.0 Å². The van der Waals surface area contributed by atoms with Gasteiger partial charge in [-0.05, 0) is 96.1 Å². The molecule has 0 fully saturated rings. The van der Waals surface area contributed by atoms with Gasteiger partial charge in [0.2, 0.25) is 0 Å². The summed E-state index contributed by atoms with van der Waals surface area (Å²) >= 11 is 0. The van der Waals surface area contributed by atoms with Crippen molar-refractivity contribution in [3.8, 4) is 62.4 Å². The summed E-state index contributed by atoms with van der Waals surface area (Å²) in [4.78, 5) is 15.2. The Labute approximate surface area is 397 Å². The van der Waals surface area contributed by atoms with Crippen molar-refractivity contribution in [3.05, 3.63) is 243 Å². The zero-order valence-electron chi connectivity index (χ0n) is 37.3. The van der Waals surface area contributed by atoms with Gasteiger partial charge in [-0.2, -0.15) is 0 Å².